The van der Waals surface area contributed by atoms with Crippen molar-refractivity contribution >= 4 is 17.5 Å². The first-order chi connectivity index (χ1) is 12.6. The molecule has 0 bridgehead atoms. The number of rotatable bonds is 7. The average molecular weight is 355 g/mol. The van der Waals surface area contributed by atoms with Crippen LogP contribution in [0.3, 0.4) is 0 Å². The summed E-state index contributed by atoms with van der Waals surface area (Å²) in [6.07, 6.45) is 4.40. The lowest BCUT2D eigenvalue weighted by molar-refractivity contribution is -0.134. The zero-order valence-electron chi connectivity index (χ0n) is 14.7. The Morgan fingerprint density at radius 1 is 1.04 bits per heavy atom. The molecular weight excluding hydrogens is 334 g/mol. The Bertz CT molecular complexity index is 804. The number of methoxy groups -OCH3 is 2. The Morgan fingerprint density at radius 2 is 1.73 bits per heavy atom. The topological polar surface area (TPSA) is 89.5 Å². The molecule has 1 aromatic heterocycles. The van der Waals surface area contributed by atoms with Crippen molar-refractivity contribution in [3.63, 3.8) is 0 Å². The molecule has 1 heterocycles. The zero-order chi connectivity index (χ0) is 18.6. The molecular formula is C19H21N3O4. The molecule has 1 saturated carbocycles. The van der Waals surface area contributed by atoms with E-state index in [0.717, 1.165) is 5.56 Å². The second-order valence-corrected chi connectivity index (χ2v) is 6.14. The Hall–Kier alpha value is -3.09. The van der Waals surface area contributed by atoms with E-state index in [1.165, 1.54) is 7.11 Å². The minimum absolute atomic E-state index is 0.257. The van der Waals surface area contributed by atoms with Crippen LogP contribution in [0.5, 0.6) is 11.5 Å². The van der Waals surface area contributed by atoms with Crippen LogP contribution >= 0.6 is 0 Å². The number of carbonyl (C=O) groups excluding carboxylic acids is 2. The van der Waals surface area contributed by atoms with Crippen LogP contribution in [-0.4, -0.2) is 31.0 Å². The molecule has 2 N–H and O–H groups in total. The Labute approximate surface area is 151 Å². The third-order valence-electron chi connectivity index (χ3n) is 4.46. The first-order valence-corrected chi connectivity index (χ1v) is 8.30. The van der Waals surface area contributed by atoms with Gasteiger partial charge >= 0.3 is 0 Å². The largest absolute Gasteiger partial charge is 0.493 e. The van der Waals surface area contributed by atoms with Crippen LogP contribution in [0.1, 0.15) is 18.4 Å². The number of aromatic nitrogens is 1. The lowest BCUT2D eigenvalue weighted by Gasteiger charge is -2.16. The summed E-state index contributed by atoms with van der Waals surface area (Å²) in [5.41, 5.74) is 0.491. The minimum atomic E-state index is -1.000. The molecule has 0 radical (unpaired) electrons. The first kappa shape index (κ1) is 17.7. The fraction of sp³-hybridized carbons (Fsp3) is 0.316. The van der Waals surface area contributed by atoms with Gasteiger partial charge in [0.15, 0.2) is 11.5 Å². The molecule has 2 amide bonds. The van der Waals surface area contributed by atoms with Crippen molar-refractivity contribution in [1.82, 2.24) is 10.3 Å². The van der Waals surface area contributed by atoms with E-state index in [1.54, 1.807) is 37.7 Å². The molecule has 0 atom stereocenters. The normalized spacial score (nSPS) is 14.2. The molecule has 136 valence electrons. The second-order valence-electron chi connectivity index (χ2n) is 6.14. The summed E-state index contributed by atoms with van der Waals surface area (Å²) in [6, 6.07) is 8.73. The van der Waals surface area contributed by atoms with E-state index < -0.39 is 5.41 Å². The zero-order valence-corrected chi connectivity index (χ0v) is 14.7. The highest BCUT2D eigenvalue weighted by molar-refractivity contribution is 6.13. The van der Waals surface area contributed by atoms with E-state index in [0.29, 0.717) is 36.6 Å². The highest BCUT2D eigenvalue weighted by atomic mass is 16.5. The molecule has 7 heteroatoms. The van der Waals surface area contributed by atoms with Crippen molar-refractivity contribution in [3.05, 3.63) is 48.3 Å². The van der Waals surface area contributed by atoms with Crippen LogP contribution in [0, 0.1) is 5.41 Å². The van der Waals surface area contributed by atoms with Gasteiger partial charge < -0.3 is 20.1 Å². The Balaban J connectivity index is 1.64. The molecule has 26 heavy (non-hydrogen) atoms. The van der Waals surface area contributed by atoms with Crippen LogP contribution in [0.4, 0.5) is 5.69 Å². The minimum Gasteiger partial charge on any atom is -0.493 e. The molecule has 2 aromatic rings. The van der Waals surface area contributed by atoms with Crippen molar-refractivity contribution in [1.29, 1.82) is 0 Å². The summed E-state index contributed by atoms with van der Waals surface area (Å²) in [5, 5.41) is 5.64. The summed E-state index contributed by atoms with van der Waals surface area (Å²) in [4.78, 5) is 29.1. The number of hydrogen-bond acceptors (Lipinski definition) is 5. The van der Waals surface area contributed by atoms with Gasteiger partial charge in [-0.25, -0.2) is 0 Å². The number of nitrogens with one attached hydrogen (secondary N) is 2. The van der Waals surface area contributed by atoms with Gasteiger partial charge in [-0.3, -0.25) is 14.6 Å². The van der Waals surface area contributed by atoms with Gasteiger partial charge in [-0.05, 0) is 42.7 Å². The van der Waals surface area contributed by atoms with Gasteiger partial charge in [0.1, 0.15) is 5.41 Å². The van der Waals surface area contributed by atoms with Crippen molar-refractivity contribution in [2.24, 2.45) is 5.41 Å². The van der Waals surface area contributed by atoms with E-state index >= 15 is 0 Å². The first-order valence-electron chi connectivity index (χ1n) is 8.30. The van der Waals surface area contributed by atoms with Crippen LogP contribution in [0.25, 0.3) is 0 Å². The van der Waals surface area contributed by atoms with E-state index in [2.05, 4.69) is 15.6 Å². The number of anilines is 1. The molecule has 1 aromatic carbocycles. The van der Waals surface area contributed by atoms with Crippen LogP contribution in [0.2, 0.25) is 0 Å². The highest BCUT2D eigenvalue weighted by Gasteiger charge is 2.56. The van der Waals surface area contributed by atoms with Gasteiger partial charge in [0.25, 0.3) is 0 Å². The summed E-state index contributed by atoms with van der Waals surface area (Å²) in [6.45, 7) is 0.368. The molecule has 1 aliphatic rings. The summed E-state index contributed by atoms with van der Waals surface area (Å²) in [7, 11) is 3.07. The number of ether oxygens (including phenoxy) is 2. The highest BCUT2D eigenvalue weighted by Crippen LogP contribution is 2.47. The quantitative estimate of drug-likeness (QED) is 0.743. The molecule has 1 aliphatic carbocycles. The maximum absolute atomic E-state index is 12.6. The van der Waals surface area contributed by atoms with Crippen molar-refractivity contribution in [3.8, 4) is 11.5 Å². The second kappa shape index (κ2) is 7.43. The van der Waals surface area contributed by atoms with E-state index in [4.69, 9.17) is 9.47 Å². The molecule has 1 fully saturated rings. The summed E-state index contributed by atoms with van der Waals surface area (Å²) >= 11 is 0. The van der Waals surface area contributed by atoms with E-state index in [-0.39, 0.29) is 11.8 Å². The van der Waals surface area contributed by atoms with E-state index in [1.807, 2.05) is 12.1 Å². The van der Waals surface area contributed by atoms with Crippen molar-refractivity contribution in [2.45, 2.75) is 19.4 Å². The Kier molecular flexibility index (Phi) is 5.06. The van der Waals surface area contributed by atoms with Gasteiger partial charge in [-0.1, -0.05) is 0 Å². The average Bonchev–Trinajstić information content (AvgIpc) is 3.49. The van der Waals surface area contributed by atoms with Gasteiger partial charge in [0.05, 0.1) is 14.2 Å². The molecule has 7 nitrogen and oxygen atoms in total. The maximum atomic E-state index is 12.6. The predicted molar refractivity (Wildman–Crippen MR) is 95.9 cm³/mol. The third kappa shape index (κ3) is 3.61. The SMILES string of the molecule is COc1ccc(NC(=O)C2(C(=O)NCc3ccncc3)CC2)cc1OC. The standard InChI is InChI=1S/C19H21N3O4/c1-25-15-4-3-14(11-16(15)26-2)22-18(24)19(7-8-19)17(23)21-12-13-5-9-20-10-6-13/h3-6,9-11H,7-8,12H2,1-2H3,(H,21,23)(H,22,24). The van der Waals surface area contributed by atoms with Gasteiger partial charge in [0, 0.05) is 30.7 Å². The molecule has 0 aliphatic heterocycles. The number of amides is 2. The van der Waals surface area contributed by atoms with Crippen molar-refractivity contribution in [2.75, 3.05) is 19.5 Å². The molecule has 3 rings (SSSR count). The maximum Gasteiger partial charge on any atom is 0.240 e. The molecule has 0 saturated heterocycles. The number of nitrogens with zero attached hydrogens (tertiary/aromatic N) is 1. The predicted octanol–water partition coefficient (Wildman–Crippen LogP) is 2.13. The fourth-order valence-corrected chi connectivity index (χ4v) is 2.70. The van der Waals surface area contributed by atoms with Gasteiger partial charge in [-0.15, -0.1) is 0 Å². The monoisotopic (exact) mass is 355 g/mol. The smallest absolute Gasteiger partial charge is 0.240 e. The lowest BCUT2D eigenvalue weighted by atomic mass is 10.0. The number of hydrogen-bond donors (Lipinski definition) is 2. The fourth-order valence-electron chi connectivity index (χ4n) is 2.70. The third-order valence-corrected chi connectivity index (χ3v) is 4.46. The Morgan fingerprint density at radius 3 is 2.35 bits per heavy atom. The van der Waals surface area contributed by atoms with Gasteiger partial charge in [0.2, 0.25) is 11.8 Å². The molecule has 0 spiro atoms. The van der Waals surface area contributed by atoms with Crippen LogP contribution < -0.4 is 20.1 Å². The number of pyridine rings is 1. The van der Waals surface area contributed by atoms with E-state index in [9.17, 15) is 9.59 Å². The number of benzene rings is 1. The summed E-state index contributed by atoms with van der Waals surface area (Å²) < 4.78 is 10.4. The van der Waals surface area contributed by atoms with Crippen LogP contribution in [0.15, 0.2) is 42.7 Å². The van der Waals surface area contributed by atoms with Crippen LogP contribution in [-0.2, 0) is 16.1 Å². The molecule has 0 unspecified atom stereocenters. The van der Waals surface area contributed by atoms with Gasteiger partial charge in [-0.2, -0.15) is 0 Å². The van der Waals surface area contributed by atoms with Crippen molar-refractivity contribution < 1.29 is 19.1 Å². The number of carbonyl (C=O) groups is 2. The summed E-state index contributed by atoms with van der Waals surface area (Å²) in [5.74, 6) is 0.517. The lowest BCUT2D eigenvalue weighted by Crippen LogP contribution is -2.39.